The molecular formula is C59H113N2O7P. The van der Waals surface area contributed by atoms with Crippen LogP contribution in [0.4, 0.5) is 0 Å². The lowest BCUT2D eigenvalue weighted by atomic mass is 10.0. The number of carbonyl (C=O) groups excluding carboxylic acids is 2. The zero-order valence-electron chi connectivity index (χ0n) is 46.3. The van der Waals surface area contributed by atoms with Gasteiger partial charge in [0, 0.05) is 12.8 Å². The largest absolute Gasteiger partial charge is 0.756 e. The lowest BCUT2D eigenvalue weighted by molar-refractivity contribution is -0.870. The van der Waals surface area contributed by atoms with Gasteiger partial charge in [-0.1, -0.05) is 237 Å². The molecule has 0 aromatic heterocycles. The monoisotopic (exact) mass is 993 g/mol. The van der Waals surface area contributed by atoms with Gasteiger partial charge in [0.15, 0.2) is 0 Å². The average Bonchev–Trinajstić information content (AvgIpc) is 3.31. The number of phosphoric acid groups is 1. The van der Waals surface area contributed by atoms with Crippen molar-refractivity contribution < 1.29 is 37.3 Å². The van der Waals surface area contributed by atoms with Crippen molar-refractivity contribution in [3.8, 4) is 0 Å². The Labute approximate surface area is 427 Å². The van der Waals surface area contributed by atoms with Crippen LogP contribution in [-0.4, -0.2) is 69.4 Å². The van der Waals surface area contributed by atoms with Gasteiger partial charge in [0.05, 0.1) is 33.8 Å². The van der Waals surface area contributed by atoms with Crippen molar-refractivity contribution in [2.75, 3.05) is 40.9 Å². The predicted molar refractivity (Wildman–Crippen MR) is 293 cm³/mol. The minimum Gasteiger partial charge on any atom is -0.756 e. The number of allylic oxidation sites excluding steroid dienone is 5. The van der Waals surface area contributed by atoms with E-state index in [9.17, 15) is 19.0 Å². The predicted octanol–water partition coefficient (Wildman–Crippen LogP) is 16.9. The summed E-state index contributed by atoms with van der Waals surface area (Å²) in [4.78, 5) is 39.9. The second-order valence-electron chi connectivity index (χ2n) is 21.2. The molecule has 0 aliphatic rings. The van der Waals surface area contributed by atoms with E-state index in [4.69, 9.17) is 13.8 Å². The van der Waals surface area contributed by atoms with Crippen LogP contribution >= 0.6 is 7.82 Å². The first-order chi connectivity index (χ1) is 33.4. The van der Waals surface area contributed by atoms with E-state index in [1.165, 1.54) is 167 Å². The number of hydrogen-bond acceptors (Lipinski definition) is 7. The highest BCUT2D eigenvalue weighted by Gasteiger charge is 2.27. The number of phosphoric ester groups is 1. The molecule has 69 heavy (non-hydrogen) atoms. The maximum absolute atomic E-state index is 13.5. The van der Waals surface area contributed by atoms with Gasteiger partial charge in [-0.25, -0.2) is 0 Å². The summed E-state index contributed by atoms with van der Waals surface area (Å²) in [7, 11) is 1.19. The fourth-order valence-electron chi connectivity index (χ4n) is 8.49. The highest BCUT2D eigenvalue weighted by atomic mass is 31.2. The minimum absolute atomic E-state index is 0.0215. The molecule has 0 heterocycles. The third-order valence-electron chi connectivity index (χ3n) is 13.1. The SMILES string of the molecule is CCCCC/C=C\C/C=C\CCCCCCCCCC(=O)OC(/C=C/CCCCCCCCCCCCC)C(COP(=O)([O-])OCC[N+](C)(C)C)NC(=O)CCCCCCCCCCCCCCC. The number of rotatable bonds is 53. The van der Waals surface area contributed by atoms with E-state index in [1.807, 2.05) is 33.3 Å². The number of amides is 1. The maximum atomic E-state index is 13.5. The molecule has 0 aromatic rings. The molecule has 0 bridgehead atoms. The van der Waals surface area contributed by atoms with E-state index < -0.39 is 20.0 Å². The highest BCUT2D eigenvalue weighted by Crippen LogP contribution is 2.38. The van der Waals surface area contributed by atoms with Gasteiger partial charge in [-0.3, -0.25) is 14.2 Å². The molecule has 0 aromatic carbocycles. The van der Waals surface area contributed by atoms with Crippen molar-refractivity contribution >= 4 is 19.7 Å². The van der Waals surface area contributed by atoms with Gasteiger partial charge in [-0.2, -0.15) is 0 Å². The smallest absolute Gasteiger partial charge is 0.306 e. The fraction of sp³-hybridized carbons (Fsp3) is 0.864. The Bertz CT molecular complexity index is 1280. The molecule has 0 saturated carbocycles. The summed E-state index contributed by atoms with van der Waals surface area (Å²) in [6, 6.07) is -0.886. The zero-order valence-corrected chi connectivity index (χ0v) is 47.2. The number of nitrogens with one attached hydrogen (secondary N) is 1. The van der Waals surface area contributed by atoms with Crippen LogP contribution in [0.1, 0.15) is 278 Å². The van der Waals surface area contributed by atoms with Crippen molar-refractivity contribution in [3.63, 3.8) is 0 Å². The molecule has 3 atom stereocenters. The second kappa shape index (κ2) is 49.8. The Kier molecular flexibility index (Phi) is 48.5. The quantitative estimate of drug-likeness (QED) is 0.0212. The highest BCUT2D eigenvalue weighted by molar-refractivity contribution is 7.45. The lowest BCUT2D eigenvalue weighted by Gasteiger charge is -2.30. The summed E-state index contributed by atoms with van der Waals surface area (Å²) in [5.74, 6) is -0.540. The maximum Gasteiger partial charge on any atom is 0.306 e. The molecular weight excluding hydrogens is 880 g/mol. The van der Waals surface area contributed by atoms with Crippen LogP contribution < -0.4 is 10.2 Å². The molecule has 10 heteroatoms. The van der Waals surface area contributed by atoms with E-state index in [2.05, 4.69) is 50.4 Å². The average molecular weight is 994 g/mol. The molecule has 0 aliphatic heterocycles. The molecule has 9 nitrogen and oxygen atoms in total. The van der Waals surface area contributed by atoms with Crippen LogP contribution in [0.25, 0.3) is 0 Å². The fourth-order valence-corrected chi connectivity index (χ4v) is 9.22. The second-order valence-corrected chi connectivity index (χ2v) is 22.6. The van der Waals surface area contributed by atoms with Crippen molar-refractivity contribution in [2.45, 2.75) is 290 Å². The van der Waals surface area contributed by atoms with Crippen LogP contribution in [0.3, 0.4) is 0 Å². The van der Waals surface area contributed by atoms with Crippen LogP contribution in [0, 0.1) is 0 Å². The summed E-state index contributed by atoms with van der Waals surface area (Å²) >= 11 is 0. The number of nitrogens with zero attached hydrogens (tertiary/aromatic N) is 1. The van der Waals surface area contributed by atoms with Crippen molar-refractivity contribution in [3.05, 3.63) is 36.5 Å². The number of hydrogen-bond donors (Lipinski definition) is 1. The van der Waals surface area contributed by atoms with Gasteiger partial charge in [-0.05, 0) is 63.9 Å². The van der Waals surface area contributed by atoms with Gasteiger partial charge in [0.1, 0.15) is 19.3 Å². The first kappa shape index (κ1) is 67.2. The number of quaternary nitrogens is 1. The number of likely N-dealkylation sites (N-methyl/N-ethyl adjacent to an activating group) is 1. The Hall–Kier alpha value is -1.77. The first-order valence-corrected chi connectivity index (χ1v) is 30.8. The molecule has 406 valence electrons. The first-order valence-electron chi connectivity index (χ1n) is 29.3. The Morgan fingerprint density at radius 1 is 0.507 bits per heavy atom. The van der Waals surface area contributed by atoms with Crippen molar-refractivity contribution in [1.29, 1.82) is 0 Å². The summed E-state index contributed by atoms with van der Waals surface area (Å²) < 4.78 is 30.2. The number of unbranched alkanes of at least 4 members (excludes halogenated alkanes) is 33. The molecule has 1 N–H and O–H groups in total. The van der Waals surface area contributed by atoms with Crippen LogP contribution in [0.15, 0.2) is 36.5 Å². The Morgan fingerprint density at radius 2 is 0.884 bits per heavy atom. The molecule has 3 unspecified atom stereocenters. The van der Waals surface area contributed by atoms with Crippen LogP contribution in [0.5, 0.6) is 0 Å². The third-order valence-corrected chi connectivity index (χ3v) is 14.0. The molecule has 1 amide bonds. The van der Waals surface area contributed by atoms with E-state index in [0.717, 1.165) is 77.0 Å². The summed E-state index contributed by atoms with van der Waals surface area (Å²) in [5, 5.41) is 3.02. The third kappa shape index (κ3) is 51.0. The summed E-state index contributed by atoms with van der Waals surface area (Å²) in [6.07, 6.45) is 58.1. The summed E-state index contributed by atoms with van der Waals surface area (Å²) in [6.45, 7) is 6.83. The van der Waals surface area contributed by atoms with Crippen molar-refractivity contribution in [1.82, 2.24) is 5.32 Å². The molecule has 0 fully saturated rings. The standard InChI is InChI=1S/C59H113N2O7P/c1-7-10-13-16-19-22-25-28-29-30-31-34-37-40-43-46-49-52-59(63)68-57(50-47-44-41-38-35-32-26-23-20-17-14-11-8-2)56(55-67-69(64,65)66-54-53-61(4,5)6)60-58(62)51-48-45-42-39-36-33-27-24-21-18-15-12-9-3/h19,22,28-29,47,50,56-57H,7-18,20-21,23-27,30-46,48-49,51-55H2,1-6H3,(H-,60,62,64,65)/b22-19-,29-28-,50-47+. The van der Waals surface area contributed by atoms with Gasteiger partial charge in [0.25, 0.3) is 7.82 Å². The van der Waals surface area contributed by atoms with E-state index in [0.29, 0.717) is 17.4 Å². The number of carbonyl (C=O) groups is 2. The molecule has 0 spiro atoms. The topological polar surface area (TPSA) is 114 Å². The van der Waals surface area contributed by atoms with Gasteiger partial charge in [0.2, 0.25) is 5.91 Å². The summed E-state index contributed by atoms with van der Waals surface area (Å²) in [5.41, 5.74) is 0. The normalized spacial score (nSPS) is 14.0. The number of ether oxygens (including phenoxy) is 1. The van der Waals surface area contributed by atoms with Gasteiger partial charge in [-0.15, -0.1) is 0 Å². The van der Waals surface area contributed by atoms with E-state index in [-0.39, 0.29) is 31.5 Å². The molecule has 0 saturated heterocycles. The van der Waals surface area contributed by atoms with Gasteiger partial charge >= 0.3 is 5.97 Å². The molecule has 0 rings (SSSR count). The van der Waals surface area contributed by atoms with Crippen molar-refractivity contribution in [2.24, 2.45) is 0 Å². The van der Waals surface area contributed by atoms with E-state index >= 15 is 0 Å². The van der Waals surface area contributed by atoms with Gasteiger partial charge < -0.3 is 28.5 Å². The Balaban J connectivity index is 5.34. The zero-order chi connectivity index (χ0) is 50.8. The van der Waals surface area contributed by atoms with Crippen LogP contribution in [0.2, 0.25) is 0 Å². The number of esters is 1. The minimum atomic E-state index is -4.69. The van der Waals surface area contributed by atoms with Crippen LogP contribution in [-0.2, 0) is 27.9 Å². The van der Waals surface area contributed by atoms with E-state index in [1.54, 1.807) is 0 Å². The Morgan fingerprint density at radius 3 is 1.33 bits per heavy atom. The molecule has 0 radical (unpaired) electrons. The lowest BCUT2D eigenvalue weighted by Crippen LogP contribution is -2.47. The molecule has 0 aliphatic carbocycles.